The largest absolute Gasteiger partial charge is 0.382 e. The Morgan fingerprint density at radius 3 is 2.83 bits per heavy atom. The monoisotopic (exact) mass is 258 g/mol. The van der Waals surface area contributed by atoms with Gasteiger partial charge in [-0.1, -0.05) is 13.8 Å². The Morgan fingerprint density at radius 2 is 2.11 bits per heavy atom. The molecule has 0 aromatic heterocycles. The lowest BCUT2D eigenvalue weighted by Gasteiger charge is -2.26. The first-order valence-corrected chi connectivity index (χ1v) is 7.26. The Balaban J connectivity index is 2.12. The summed E-state index contributed by atoms with van der Waals surface area (Å²) in [7, 11) is 1.71. The number of nitrogens with one attached hydrogen (secondary N) is 1. The fourth-order valence-electron chi connectivity index (χ4n) is 2.31. The lowest BCUT2D eigenvalue weighted by molar-refractivity contribution is 0.0649. The van der Waals surface area contributed by atoms with E-state index in [0.29, 0.717) is 25.2 Å². The molecule has 1 rings (SSSR count). The van der Waals surface area contributed by atoms with Gasteiger partial charge in [0.2, 0.25) is 0 Å². The molecular weight excluding hydrogens is 228 g/mol. The second kappa shape index (κ2) is 9.73. The first-order valence-electron chi connectivity index (χ1n) is 7.26. The molecule has 0 saturated carbocycles. The predicted molar refractivity (Wildman–Crippen MR) is 75.0 cm³/mol. The van der Waals surface area contributed by atoms with Gasteiger partial charge in [0, 0.05) is 32.8 Å². The maximum absolute atomic E-state index is 5.50. The van der Waals surface area contributed by atoms with E-state index in [9.17, 15) is 0 Å². The van der Waals surface area contributed by atoms with Crippen molar-refractivity contribution in [1.82, 2.24) is 10.2 Å². The van der Waals surface area contributed by atoms with Crippen LogP contribution in [0.3, 0.4) is 0 Å². The number of nitrogens with zero attached hydrogens (tertiary/aromatic N) is 1. The van der Waals surface area contributed by atoms with Gasteiger partial charge in [0.25, 0.3) is 0 Å². The number of ether oxygens (including phenoxy) is 2. The predicted octanol–water partition coefficient (Wildman–Crippen LogP) is 1.36. The Kier molecular flexibility index (Phi) is 8.59. The number of methoxy groups -OCH3 is 1. The highest BCUT2D eigenvalue weighted by Crippen LogP contribution is 2.08. The second-order valence-electron chi connectivity index (χ2n) is 5.42. The van der Waals surface area contributed by atoms with Crippen LogP contribution in [-0.4, -0.2) is 64.1 Å². The lowest BCUT2D eigenvalue weighted by Crippen LogP contribution is -2.41. The highest BCUT2D eigenvalue weighted by Gasteiger charge is 2.19. The van der Waals surface area contributed by atoms with E-state index in [1.807, 2.05) is 0 Å². The molecule has 1 unspecified atom stereocenters. The molecule has 108 valence electrons. The summed E-state index contributed by atoms with van der Waals surface area (Å²) in [4.78, 5) is 2.57. The van der Waals surface area contributed by atoms with Crippen molar-refractivity contribution in [2.45, 2.75) is 32.7 Å². The molecule has 1 atom stereocenters. The Hall–Kier alpha value is -0.160. The van der Waals surface area contributed by atoms with Crippen molar-refractivity contribution >= 4 is 0 Å². The van der Waals surface area contributed by atoms with Crippen LogP contribution in [0.4, 0.5) is 0 Å². The van der Waals surface area contributed by atoms with Crippen molar-refractivity contribution in [2.24, 2.45) is 5.92 Å². The third-order valence-electron chi connectivity index (χ3n) is 3.51. The molecule has 0 amide bonds. The van der Waals surface area contributed by atoms with Crippen molar-refractivity contribution in [3.63, 3.8) is 0 Å². The summed E-state index contributed by atoms with van der Waals surface area (Å²) in [6, 6.07) is 0.641. The summed E-state index contributed by atoms with van der Waals surface area (Å²) in [5.41, 5.74) is 0. The maximum atomic E-state index is 5.50. The van der Waals surface area contributed by atoms with Crippen LogP contribution in [0.1, 0.15) is 26.7 Å². The standard InChI is InChI=1S/C14H30N2O2/c1-13(2)14-12-16(7-4-6-15-14)8-5-9-18-11-10-17-3/h13-15H,4-12H2,1-3H3. The minimum atomic E-state index is 0.641. The van der Waals surface area contributed by atoms with E-state index in [-0.39, 0.29) is 0 Å². The van der Waals surface area contributed by atoms with Crippen molar-refractivity contribution < 1.29 is 9.47 Å². The van der Waals surface area contributed by atoms with Gasteiger partial charge in [-0.3, -0.25) is 0 Å². The van der Waals surface area contributed by atoms with Gasteiger partial charge in [-0.15, -0.1) is 0 Å². The van der Waals surface area contributed by atoms with E-state index >= 15 is 0 Å². The van der Waals surface area contributed by atoms with Gasteiger partial charge in [-0.2, -0.15) is 0 Å². The molecule has 0 bridgehead atoms. The molecule has 1 fully saturated rings. The van der Waals surface area contributed by atoms with Crippen molar-refractivity contribution in [1.29, 1.82) is 0 Å². The fourth-order valence-corrected chi connectivity index (χ4v) is 2.31. The molecule has 4 nitrogen and oxygen atoms in total. The molecule has 0 radical (unpaired) electrons. The van der Waals surface area contributed by atoms with E-state index in [0.717, 1.165) is 26.1 Å². The smallest absolute Gasteiger partial charge is 0.0700 e. The first-order chi connectivity index (χ1) is 8.74. The molecule has 1 heterocycles. The van der Waals surface area contributed by atoms with E-state index < -0.39 is 0 Å². The van der Waals surface area contributed by atoms with Crippen LogP contribution in [0.5, 0.6) is 0 Å². The van der Waals surface area contributed by atoms with Gasteiger partial charge >= 0.3 is 0 Å². The molecule has 0 aliphatic carbocycles. The molecule has 0 aromatic carbocycles. The Morgan fingerprint density at radius 1 is 1.28 bits per heavy atom. The summed E-state index contributed by atoms with van der Waals surface area (Å²) >= 11 is 0. The quantitative estimate of drug-likeness (QED) is 0.667. The molecule has 18 heavy (non-hydrogen) atoms. The van der Waals surface area contributed by atoms with Crippen LogP contribution in [0.15, 0.2) is 0 Å². The third-order valence-corrected chi connectivity index (χ3v) is 3.51. The van der Waals surface area contributed by atoms with Gasteiger partial charge in [-0.05, 0) is 31.8 Å². The average Bonchev–Trinajstić information content (AvgIpc) is 2.59. The Labute approximate surface area is 112 Å². The summed E-state index contributed by atoms with van der Waals surface area (Å²) in [5.74, 6) is 0.712. The van der Waals surface area contributed by atoms with Crippen LogP contribution < -0.4 is 5.32 Å². The van der Waals surface area contributed by atoms with Gasteiger partial charge in [0.05, 0.1) is 13.2 Å². The minimum Gasteiger partial charge on any atom is -0.382 e. The molecular formula is C14H30N2O2. The summed E-state index contributed by atoms with van der Waals surface area (Å²) in [5, 5.41) is 3.64. The van der Waals surface area contributed by atoms with Gasteiger partial charge in [0.1, 0.15) is 0 Å². The van der Waals surface area contributed by atoms with Crippen LogP contribution in [0.25, 0.3) is 0 Å². The minimum absolute atomic E-state index is 0.641. The highest BCUT2D eigenvalue weighted by molar-refractivity contribution is 4.78. The zero-order chi connectivity index (χ0) is 13.2. The number of hydrogen-bond donors (Lipinski definition) is 1. The average molecular weight is 258 g/mol. The summed E-state index contributed by atoms with van der Waals surface area (Å²) in [6.45, 7) is 11.6. The van der Waals surface area contributed by atoms with E-state index in [4.69, 9.17) is 9.47 Å². The first kappa shape index (κ1) is 15.9. The highest BCUT2D eigenvalue weighted by atomic mass is 16.5. The van der Waals surface area contributed by atoms with Gasteiger partial charge in [-0.25, -0.2) is 0 Å². The number of rotatable bonds is 8. The SMILES string of the molecule is COCCOCCCN1CCCNC(C(C)C)C1. The maximum Gasteiger partial charge on any atom is 0.0700 e. The van der Waals surface area contributed by atoms with E-state index in [1.54, 1.807) is 7.11 Å². The molecule has 1 N–H and O–H groups in total. The fraction of sp³-hybridized carbons (Fsp3) is 1.00. The molecule has 1 aliphatic heterocycles. The van der Waals surface area contributed by atoms with Crippen LogP contribution >= 0.6 is 0 Å². The zero-order valence-corrected chi connectivity index (χ0v) is 12.3. The third kappa shape index (κ3) is 6.69. The van der Waals surface area contributed by atoms with Gasteiger partial charge in [0.15, 0.2) is 0 Å². The van der Waals surface area contributed by atoms with E-state index in [1.165, 1.54) is 19.5 Å². The zero-order valence-electron chi connectivity index (χ0n) is 12.3. The van der Waals surface area contributed by atoms with E-state index in [2.05, 4.69) is 24.1 Å². The summed E-state index contributed by atoms with van der Waals surface area (Å²) in [6.07, 6.45) is 2.38. The second-order valence-corrected chi connectivity index (χ2v) is 5.42. The van der Waals surface area contributed by atoms with Crippen molar-refractivity contribution in [3.8, 4) is 0 Å². The summed E-state index contributed by atoms with van der Waals surface area (Å²) < 4.78 is 10.5. The van der Waals surface area contributed by atoms with Crippen LogP contribution in [0.2, 0.25) is 0 Å². The Bertz CT molecular complexity index is 200. The van der Waals surface area contributed by atoms with Crippen LogP contribution in [0, 0.1) is 5.92 Å². The molecule has 1 saturated heterocycles. The van der Waals surface area contributed by atoms with Gasteiger partial charge < -0.3 is 19.7 Å². The van der Waals surface area contributed by atoms with Crippen LogP contribution in [-0.2, 0) is 9.47 Å². The number of hydrogen-bond acceptors (Lipinski definition) is 4. The molecule has 1 aliphatic rings. The normalized spacial score (nSPS) is 22.3. The molecule has 4 heteroatoms. The molecule has 0 aromatic rings. The lowest BCUT2D eigenvalue weighted by atomic mass is 10.0. The van der Waals surface area contributed by atoms with Crippen molar-refractivity contribution in [3.05, 3.63) is 0 Å². The topological polar surface area (TPSA) is 33.7 Å². The van der Waals surface area contributed by atoms with Crippen molar-refractivity contribution in [2.75, 3.05) is 53.1 Å². The molecule has 0 spiro atoms.